The predicted octanol–water partition coefficient (Wildman–Crippen LogP) is 4.22. The molecule has 16 heavy (non-hydrogen) atoms. The molecule has 0 spiro atoms. The molecule has 0 aliphatic heterocycles. The van der Waals surface area contributed by atoms with Crippen molar-refractivity contribution >= 4 is 27.3 Å². The van der Waals surface area contributed by atoms with Gasteiger partial charge in [0.25, 0.3) is 0 Å². The highest BCUT2D eigenvalue weighted by atomic mass is 79.9. The van der Waals surface area contributed by atoms with Gasteiger partial charge in [-0.2, -0.15) is 0 Å². The van der Waals surface area contributed by atoms with Crippen LogP contribution in [0.1, 0.15) is 37.5 Å². The fourth-order valence-corrected chi connectivity index (χ4v) is 3.59. The molecule has 0 saturated heterocycles. The molecule has 2 rings (SSSR count). The van der Waals surface area contributed by atoms with Gasteiger partial charge in [-0.1, -0.05) is 6.92 Å². The fraction of sp³-hybridized carbons (Fsp3) is 0.692. The van der Waals surface area contributed by atoms with Gasteiger partial charge in [0, 0.05) is 20.8 Å². The highest BCUT2D eigenvalue weighted by Gasteiger charge is 2.30. The number of hydrogen-bond donors (Lipinski definition) is 1. The Balaban J connectivity index is 1.77. The molecule has 1 aromatic rings. The summed E-state index contributed by atoms with van der Waals surface area (Å²) >= 11 is 5.39. The van der Waals surface area contributed by atoms with Crippen LogP contribution in [-0.4, -0.2) is 12.6 Å². The fourth-order valence-electron chi connectivity index (χ4n) is 2.12. The molecule has 90 valence electrons. The minimum Gasteiger partial charge on any atom is -0.314 e. The van der Waals surface area contributed by atoms with E-state index in [1.54, 1.807) is 0 Å². The van der Waals surface area contributed by atoms with Gasteiger partial charge in [-0.15, -0.1) is 11.3 Å². The van der Waals surface area contributed by atoms with Crippen molar-refractivity contribution in [3.63, 3.8) is 0 Å². The molecule has 1 heterocycles. The van der Waals surface area contributed by atoms with E-state index in [0.29, 0.717) is 0 Å². The van der Waals surface area contributed by atoms with E-state index in [-0.39, 0.29) is 0 Å². The van der Waals surface area contributed by atoms with Crippen LogP contribution >= 0.6 is 27.3 Å². The SMILES string of the molecule is CCCNC(CCc1cc(Br)cs1)C1CC1. The van der Waals surface area contributed by atoms with E-state index >= 15 is 0 Å². The third-order valence-corrected chi connectivity index (χ3v) is 4.93. The van der Waals surface area contributed by atoms with Crippen molar-refractivity contribution < 1.29 is 0 Å². The quantitative estimate of drug-likeness (QED) is 0.795. The standard InChI is InChI=1S/C13H20BrNS/c1-2-7-15-13(10-3-4-10)6-5-12-8-11(14)9-16-12/h8-10,13,15H,2-7H2,1H3. The van der Waals surface area contributed by atoms with Crippen LogP contribution < -0.4 is 5.32 Å². The second-order valence-electron chi connectivity index (χ2n) is 4.67. The minimum absolute atomic E-state index is 0.765. The summed E-state index contributed by atoms with van der Waals surface area (Å²) in [6.07, 6.45) is 6.66. The Labute approximate surface area is 111 Å². The van der Waals surface area contributed by atoms with Gasteiger partial charge in [0.2, 0.25) is 0 Å². The zero-order chi connectivity index (χ0) is 11.4. The molecular weight excluding hydrogens is 282 g/mol. The summed E-state index contributed by atoms with van der Waals surface area (Å²) in [5.41, 5.74) is 0. The van der Waals surface area contributed by atoms with Crippen molar-refractivity contribution in [2.45, 2.75) is 45.1 Å². The smallest absolute Gasteiger partial charge is 0.0285 e. The topological polar surface area (TPSA) is 12.0 Å². The van der Waals surface area contributed by atoms with Gasteiger partial charge in [-0.3, -0.25) is 0 Å². The summed E-state index contributed by atoms with van der Waals surface area (Å²) < 4.78 is 1.23. The van der Waals surface area contributed by atoms with Crippen molar-refractivity contribution in [2.24, 2.45) is 5.92 Å². The molecule has 1 fully saturated rings. The van der Waals surface area contributed by atoms with Gasteiger partial charge in [0.05, 0.1) is 0 Å². The molecule has 0 bridgehead atoms. The molecule has 1 unspecified atom stereocenters. The molecule has 1 saturated carbocycles. The second-order valence-corrected chi connectivity index (χ2v) is 6.58. The maximum absolute atomic E-state index is 3.70. The zero-order valence-electron chi connectivity index (χ0n) is 9.84. The van der Waals surface area contributed by atoms with E-state index in [0.717, 1.165) is 12.0 Å². The summed E-state index contributed by atoms with van der Waals surface area (Å²) in [6.45, 7) is 3.42. The Morgan fingerprint density at radius 3 is 2.94 bits per heavy atom. The number of halogens is 1. The highest BCUT2D eigenvalue weighted by Crippen LogP contribution is 2.35. The monoisotopic (exact) mass is 301 g/mol. The van der Waals surface area contributed by atoms with Crippen molar-refractivity contribution in [3.05, 3.63) is 20.8 Å². The van der Waals surface area contributed by atoms with Crippen LogP contribution in [0.2, 0.25) is 0 Å². The Bertz CT molecular complexity index is 319. The van der Waals surface area contributed by atoms with Crippen molar-refractivity contribution in [2.75, 3.05) is 6.54 Å². The Morgan fingerprint density at radius 2 is 2.38 bits per heavy atom. The number of thiophene rings is 1. The summed E-state index contributed by atoms with van der Waals surface area (Å²) in [5, 5.41) is 5.88. The second kappa shape index (κ2) is 6.18. The van der Waals surface area contributed by atoms with E-state index in [1.165, 1.54) is 48.0 Å². The lowest BCUT2D eigenvalue weighted by molar-refractivity contribution is 0.437. The predicted molar refractivity (Wildman–Crippen MR) is 75.1 cm³/mol. The maximum atomic E-state index is 3.70. The molecule has 1 aliphatic rings. The highest BCUT2D eigenvalue weighted by molar-refractivity contribution is 9.10. The first-order chi connectivity index (χ1) is 7.79. The van der Waals surface area contributed by atoms with Gasteiger partial charge in [0.15, 0.2) is 0 Å². The summed E-state index contributed by atoms with van der Waals surface area (Å²) in [7, 11) is 0. The number of rotatable bonds is 7. The zero-order valence-corrected chi connectivity index (χ0v) is 12.2. The molecule has 3 heteroatoms. The number of nitrogens with one attached hydrogen (secondary N) is 1. The molecule has 1 atom stereocenters. The third-order valence-electron chi connectivity index (χ3n) is 3.17. The number of hydrogen-bond acceptors (Lipinski definition) is 2. The van der Waals surface area contributed by atoms with Crippen LogP contribution in [0.4, 0.5) is 0 Å². The summed E-state index contributed by atoms with van der Waals surface area (Å²) in [6, 6.07) is 3.02. The van der Waals surface area contributed by atoms with Gasteiger partial charge in [-0.05, 0) is 66.6 Å². The van der Waals surface area contributed by atoms with Gasteiger partial charge >= 0.3 is 0 Å². The van der Waals surface area contributed by atoms with Crippen LogP contribution in [0.5, 0.6) is 0 Å². The molecule has 1 aromatic heterocycles. The summed E-state index contributed by atoms with van der Waals surface area (Å²) in [5.74, 6) is 0.968. The van der Waals surface area contributed by atoms with Crippen molar-refractivity contribution in [1.82, 2.24) is 5.32 Å². The van der Waals surface area contributed by atoms with E-state index in [2.05, 4.69) is 39.6 Å². The van der Waals surface area contributed by atoms with Crippen LogP contribution in [0.3, 0.4) is 0 Å². The Morgan fingerprint density at radius 1 is 1.56 bits per heavy atom. The molecule has 1 N–H and O–H groups in total. The van der Waals surface area contributed by atoms with Crippen LogP contribution in [0.15, 0.2) is 15.9 Å². The van der Waals surface area contributed by atoms with Gasteiger partial charge in [0.1, 0.15) is 0 Å². The average molecular weight is 302 g/mol. The molecule has 1 aliphatic carbocycles. The molecular formula is C13H20BrNS. The molecule has 0 radical (unpaired) electrons. The molecule has 0 aromatic carbocycles. The van der Waals surface area contributed by atoms with Gasteiger partial charge < -0.3 is 5.32 Å². The van der Waals surface area contributed by atoms with Crippen LogP contribution in [-0.2, 0) is 6.42 Å². The van der Waals surface area contributed by atoms with Gasteiger partial charge in [-0.25, -0.2) is 0 Å². The Hall–Kier alpha value is 0.140. The van der Waals surface area contributed by atoms with E-state index in [4.69, 9.17) is 0 Å². The lowest BCUT2D eigenvalue weighted by atomic mass is 10.1. The lowest BCUT2D eigenvalue weighted by Gasteiger charge is -2.17. The number of aryl methyl sites for hydroxylation is 1. The van der Waals surface area contributed by atoms with Crippen LogP contribution in [0.25, 0.3) is 0 Å². The van der Waals surface area contributed by atoms with E-state index in [9.17, 15) is 0 Å². The van der Waals surface area contributed by atoms with Crippen molar-refractivity contribution in [3.8, 4) is 0 Å². The first kappa shape index (κ1) is 12.6. The maximum Gasteiger partial charge on any atom is 0.0285 e. The van der Waals surface area contributed by atoms with Crippen molar-refractivity contribution in [1.29, 1.82) is 0 Å². The lowest BCUT2D eigenvalue weighted by Crippen LogP contribution is -2.32. The van der Waals surface area contributed by atoms with E-state index < -0.39 is 0 Å². The summed E-state index contributed by atoms with van der Waals surface area (Å²) in [4.78, 5) is 1.51. The normalized spacial score (nSPS) is 17.6. The minimum atomic E-state index is 0.765. The Kier molecular flexibility index (Phi) is 4.86. The molecule has 0 amide bonds. The van der Waals surface area contributed by atoms with E-state index in [1.807, 2.05) is 11.3 Å². The third kappa shape index (κ3) is 3.86. The van der Waals surface area contributed by atoms with Crippen LogP contribution in [0, 0.1) is 5.92 Å². The first-order valence-corrected chi connectivity index (χ1v) is 7.93. The average Bonchev–Trinajstić information content (AvgIpc) is 3.03. The largest absolute Gasteiger partial charge is 0.314 e. The molecule has 1 nitrogen and oxygen atoms in total. The first-order valence-electron chi connectivity index (χ1n) is 6.26.